The van der Waals surface area contributed by atoms with E-state index in [0.29, 0.717) is 33.4 Å². The van der Waals surface area contributed by atoms with E-state index in [-0.39, 0.29) is 18.0 Å². The molecular weight excluding hydrogens is 469 g/mol. The number of rotatable bonds is 6. The summed E-state index contributed by atoms with van der Waals surface area (Å²) in [5.74, 6) is -0.0640. The Labute approximate surface area is 205 Å². The molecule has 0 aliphatic rings. The predicted molar refractivity (Wildman–Crippen MR) is 132 cm³/mol. The van der Waals surface area contributed by atoms with Gasteiger partial charge in [-0.3, -0.25) is 14.8 Å². The first-order valence-electron chi connectivity index (χ1n) is 10.7. The third kappa shape index (κ3) is 4.83. The van der Waals surface area contributed by atoms with Crippen LogP contribution in [0.1, 0.15) is 5.69 Å². The molecule has 174 valence electrons. The van der Waals surface area contributed by atoms with Crippen molar-refractivity contribution < 1.29 is 13.9 Å². The Morgan fingerprint density at radius 2 is 1.77 bits per heavy atom. The molecule has 0 saturated heterocycles. The number of ether oxygens (including phenoxy) is 1. The van der Waals surface area contributed by atoms with Crippen molar-refractivity contribution in [3.05, 3.63) is 95.7 Å². The highest BCUT2D eigenvalue weighted by atomic mass is 35.5. The number of hydrogen-bond donors (Lipinski definition) is 1. The first kappa shape index (κ1) is 22.5. The van der Waals surface area contributed by atoms with E-state index >= 15 is 0 Å². The van der Waals surface area contributed by atoms with E-state index in [2.05, 4.69) is 20.4 Å². The van der Waals surface area contributed by atoms with Crippen LogP contribution in [0.25, 0.3) is 28.0 Å². The highest BCUT2D eigenvalue weighted by molar-refractivity contribution is 6.30. The van der Waals surface area contributed by atoms with Gasteiger partial charge in [0.1, 0.15) is 17.3 Å². The van der Waals surface area contributed by atoms with E-state index in [9.17, 15) is 9.18 Å². The molecule has 35 heavy (non-hydrogen) atoms. The average Bonchev–Trinajstić information content (AvgIpc) is 3.29. The number of amides is 1. The van der Waals surface area contributed by atoms with Gasteiger partial charge in [-0.2, -0.15) is 5.10 Å². The Bertz CT molecular complexity index is 1540. The van der Waals surface area contributed by atoms with Crippen molar-refractivity contribution in [3.63, 3.8) is 0 Å². The highest BCUT2D eigenvalue weighted by Crippen LogP contribution is 2.29. The number of hydrogen-bond acceptors (Lipinski definition) is 5. The molecule has 1 amide bonds. The van der Waals surface area contributed by atoms with Crippen molar-refractivity contribution in [2.45, 2.75) is 6.42 Å². The largest absolute Gasteiger partial charge is 0.497 e. The monoisotopic (exact) mass is 487 g/mol. The first-order valence-corrected chi connectivity index (χ1v) is 11.1. The van der Waals surface area contributed by atoms with E-state index < -0.39 is 5.82 Å². The van der Waals surface area contributed by atoms with E-state index in [0.717, 1.165) is 11.1 Å². The molecule has 0 aliphatic carbocycles. The fourth-order valence-electron chi connectivity index (χ4n) is 3.72. The summed E-state index contributed by atoms with van der Waals surface area (Å²) >= 11 is 6.15. The SMILES string of the molecule is COc1ccc(NC(=O)Cc2cc(-c3ccc4nccnc4c3)n(-c3cc(Cl)ccc3F)n2)cc1. The number of carbonyl (C=O) groups excluding carboxylic acids is 1. The van der Waals surface area contributed by atoms with Gasteiger partial charge < -0.3 is 10.1 Å². The lowest BCUT2D eigenvalue weighted by atomic mass is 10.1. The van der Waals surface area contributed by atoms with Crippen molar-refractivity contribution in [1.29, 1.82) is 0 Å². The minimum atomic E-state index is -0.492. The van der Waals surface area contributed by atoms with E-state index in [4.69, 9.17) is 16.3 Å². The lowest BCUT2D eigenvalue weighted by molar-refractivity contribution is -0.115. The fourth-order valence-corrected chi connectivity index (χ4v) is 3.89. The molecule has 9 heteroatoms. The van der Waals surface area contributed by atoms with Gasteiger partial charge in [0.25, 0.3) is 0 Å². The molecule has 0 radical (unpaired) electrons. The van der Waals surface area contributed by atoms with Crippen LogP contribution in [0.15, 0.2) is 79.1 Å². The molecule has 5 rings (SSSR count). The van der Waals surface area contributed by atoms with Gasteiger partial charge in [0, 0.05) is 28.7 Å². The van der Waals surface area contributed by atoms with Crippen molar-refractivity contribution in [1.82, 2.24) is 19.7 Å². The zero-order valence-corrected chi connectivity index (χ0v) is 19.3. The first-order chi connectivity index (χ1) is 17.0. The van der Waals surface area contributed by atoms with Gasteiger partial charge in [0.15, 0.2) is 0 Å². The standard InChI is InChI=1S/C26H19ClFN5O2/c1-35-20-6-4-18(5-7-20)31-26(34)15-19-14-24(16-2-9-22-23(12-16)30-11-10-29-22)33(32-19)25-13-17(27)3-8-21(25)28/h2-14H,15H2,1H3,(H,31,34). The summed E-state index contributed by atoms with van der Waals surface area (Å²) in [6.45, 7) is 0. The Hall–Kier alpha value is -4.30. The number of anilines is 1. The van der Waals surface area contributed by atoms with E-state index in [1.807, 2.05) is 18.2 Å². The summed E-state index contributed by atoms with van der Waals surface area (Å²) in [5.41, 5.74) is 4.01. The molecule has 0 unspecified atom stereocenters. The molecule has 3 aromatic carbocycles. The van der Waals surface area contributed by atoms with Gasteiger partial charge in [-0.1, -0.05) is 17.7 Å². The third-order valence-electron chi connectivity index (χ3n) is 5.38. The number of nitrogens with zero attached hydrogens (tertiary/aromatic N) is 4. The van der Waals surface area contributed by atoms with Gasteiger partial charge in [0.2, 0.25) is 5.91 Å². The molecule has 0 saturated carbocycles. The minimum absolute atomic E-state index is 0.0123. The number of methoxy groups -OCH3 is 1. The molecule has 0 fully saturated rings. The van der Waals surface area contributed by atoms with Gasteiger partial charge in [-0.15, -0.1) is 0 Å². The van der Waals surface area contributed by atoms with Crippen LogP contribution in [-0.2, 0) is 11.2 Å². The molecule has 2 aromatic heterocycles. The molecule has 0 bridgehead atoms. The number of benzene rings is 3. The summed E-state index contributed by atoms with van der Waals surface area (Å²) in [4.78, 5) is 21.4. The maximum Gasteiger partial charge on any atom is 0.230 e. The van der Waals surface area contributed by atoms with Crippen molar-refractivity contribution in [2.75, 3.05) is 12.4 Å². The number of carbonyl (C=O) groups is 1. The van der Waals surface area contributed by atoms with Gasteiger partial charge in [0.05, 0.1) is 36.0 Å². The fraction of sp³-hybridized carbons (Fsp3) is 0.0769. The van der Waals surface area contributed by atoms with Crippen LogP contribution in [0, 0.1) is 5.82 Å². The Morgan fingerprint density at radius 3 is 2.54 bits per heavy atom. The summed E-state index contributed by atoms with van der Waals surface area (Å²) in [6.07, 6.45) is 3.21. The second-order valence-corrected chi connectivity index (χ2v) is 8.18. The lowest BCUT2D eigenvalue weighted by Gasteiger charge is -2.10. The van der Waals surface area contributed by atoms with Crippen LogP contribution in [-0.4, -0.2) is 32.8 Å². The number of halogens is 2. The average molecular weight is 488 g/mol. The molecule has 0 aliphatic heterocycles. The maximum absolute atomic E-state index is 14.8. The summed E-state index contributed by atoms with van der Waals surface area (Å²) in [5, 5.41) is 7.75. The lowest BCUT2D eigenvalue weighted by Crippen LogP contribution is -2.15. The maximum atomic E-state index is 14.8. The third-order valence-corrected chi connectivity index (χ3v) is 5.61. The van der Waals surface area contributed by atoms with Crippen LogP contribution < -0.4 is 10.1 Å². The molecule has 5 aromatic rings. The van der Waals surface area contributed by atoms with Gasteiger partial charge in [-0.25, -0.2) is 9.07 Å². The summed E-state index contributed by atoms with van der Waals surface area (Å²) in [7, 11) is 1.58. The normalized spacial score (nSPS) is 10.9. The van der Waals surface area contributed by atoms with Gasteiger partial charge >= 0.3 is 0 Å². The van der Waals surface area contributed by atoms with Crippen LogP contribution in [0.4, 0.5) is 10.1 Å². The Kier molecular flexibility index (Phi) is 6.12. The molecular formula is C26H19ClFN5O2. The number of aromatic nitrogens is 4. The van der Waals surface area contributed by atoms with E-state index in [1.54, 1.807) is 49.8 Å². The van der Waals surface area contributed by atoms with E-state index in [1.165, 1.54) is 22.9 Å². The van der Waals surface area contributed by atoms with Crippen molar-refractivity contribution in [3.8, 4) is 22.7 Å². The van der Waals surface area contributed by atoms with Crippen LogP contribution in [0.5, 0.6) is 5.75 Å². The zero-order chi connectivity index (χ0) is 24.4. The number of nitrogens with one attached hydrogen (secondary N) is 1. The smallest absolute Gasteiger partial charge is 0.230 e. The second kappa shape index (κ2) is 9.52. The predicted octanol–water partition coefficient (Wildman–Crippen LogP) is 5.46. The van der Waals surface area contributed by atoms with Crippen molar-refractivity contribution >= 4 is 34.2 Å². The summed E-state index contributed by atoms with van der Waals surface area (Å²) in [6, 6.07) is 18.5. The van der Waals surface area contributed by atoms with Gasteiger partial charge in [-0.05, 0) is 60.7 Å². The van der Waals surface area contributed by atoms with Crippen molar-refractivity contribution in [2.24, 2.45) is 0 Å². The molecule has 0 atom stereocenters. The number of fused-ring (bicyclic) bond motifs is 1. The topological polar surface area (TPSA) is 81.9 Å². The Balaban J connectivity index is 1.51. The van der Waals surface area contributed by atoms with Crippen LogP contribution >= 0.6 is 11.6 Å². The molecule has 1 N–H and O–H groups in total. The molecule has 7 nitrogen and oxygen atoms in total. The molecule has 2 heterocycles. The van der Waals surface area contributed by atoms with Crippen LogP contribution in [0.3, 0.4) is 0 Å². The zero-order valence-electron chi connectivity index (χ0n) is 18.6. The van der Waals surface area contributed by atoms with Crippen LogP contribution in [0.2, 0.25) is 5.02 Å². The minimum Gasteiger partial charge on any atom is -0.497 e. The quantitative estimate of drug-likeness (QED) is 0.343. The highest BCUT2D eigenvalue weighted by Gasteiger charge is 2.18. The Morgan fingerprint density at radius 1 is 1.00 bits per heavy atom. The summed E-state index contributed by atoms with van der Waals surface area (Å²) < 4.78 is 21.4. The molecule has 0 spiro atoms. The second-order valence-electron chi connectivity index (χ2n) is 7.74.